The second-order valence-electron chi connectivity index (χ2n) is 9.32. The number of carbonyl (C=O) groups is 1. The van der Waals surface area contributed by atoms with E-state index in [1.165, 1.54) is 0 Å². The molecule has 176 valence electrons. The Labute approximate surface area is 199 Å². The predicted octanol–water partition coefficient (Wildman–Crippen LogP) is 3.59. The van der Waals surface area contributed by atoms with Crippen molar-refractivity contribution in [3.8, 4) is 5.69 Å². The number of piperidine rings is 1. The van der Waals surface area contributed by atoms with Gasteiger partial charge in [-0.3, -0.25) is 14.2 Å². The molecule has 0 radical (unpaired) electrons. The lowest BCUT2D eigenvalue weighted by Crippen LogP contribution is -2.35. The first kappa shape index (κ1) is 22.3. The number of aromatic nitrogens is 2. The summed E-state index contributed by atoms with van der Waals surface area (Å²) < 4.78 is 1.59. The number of benzene rings is 2. The highest BCUT2D eigenvalue weighted by atomic mass is 16.2. The standard InChI is InChI=1S/C27H31N5O2/c1-18-7-8-21(26(33)30-22-9-10-22)17-23(18)32-16-15-29-25(27(32)34)31-24(19-5-3-2-4-6-19)20-11-13-28-14-12-20/h2-8,15-17,20,22,24,28H,9-14H2,1H3,(H,29,31)(H,30,33)/t24-/m1/s1. The van der Waals surface area contributed by atoms with Crippen molar-refractivity contribution >= 4 is 11.7 Å². The molecule has 1 amide bonds. The third-order valence-corrected chi connectivity index (χ3v) is 6.79. The Morgan fingerprint density at radius 3 is 2.59 bits per heavy atom. The number of nitrogens with one attached hydrogen (secondary N) is 3. The SMILES string of the molecule is Cc1ccc(C(=O)NC2CC2)cc1-n1ccnc(N[C@H](c2ccccc2)C2CCNCC2)c1=O. The van der Waals surface area contributed by atoms with E-state index < -0.39 is 0 Å². The quantitative estimate of drug-likeness (QED) is 0.505. The van der Waals surface area contributed by atoms with Crippen molar-refractivity contribution in [1.29, 1.82) is 0 Å². The van der Waals surface area contributed by atoms with E-state index in [1.54, 1.807) is 23.0 Å². The first-order valence-corrected chi connectivity index (χ1v) is 12.1. The maximum atomic E-state index is 13.6. The van der Waals surface area contributed by atoms with Gasteiger partial charge in [0.25, 0.3) is 11.5 Å². The Morgan fingerprint density at radius 1 is 1.09 bits per heavy atom. The van der Waals surface area contributed by atoms with E-state index in [-0.39, 0.29) is 23.6 Å². The Kier molecular flexibility index (Phi) is 6.45. The van der Waals surface area contributed by atoms with Crippen molar-refractivity contribution in [2.45, 2.75) is 44.7 Å². The summed E-state index contributed by atoms with van der Waals surface area (Å²) in [5.41, 5.74) is 3.10. The second-order valence-corrected chi connectivity index (χ2v) is 9.32. The summed E-state index contributed by atoms with van der Waals surface area (Å²) in [6, 6.07) is 16.0. The van der Waals surface area contributed by atoms with E-state index in [0.717, 1.165) is 49.9 Å². The van der Waals surface area contributed by atoms with Crippen LogP contribution in [0.5, 0.6) is 0 Å². The van der Waals surface area contributed by atoms with Crippen LogP contribution in [0.3, 0.4) is 0 Å². The maximum Gasteiger partial charge on any atom is 0.297 e. The molecule has 34 heavy (non-hydrogen) atoms. The summed E-state index contributed by atoms with van der Waals surface area (Å²) >= 11 is 0. The molecule has 0 unspecified atom stereocenters. The molecule has 3 aromatic rings. The van der Waals surface area contributed by atoms with Crippen molar-refractivity contribution in [3.63, 3.8) is 0 Å². The normalized spacial score (nSPS) is 17.2. The largest absolute Gasteiger partial charge is 0.358 e. The minimum absolute atomic E-state index is 0.00361. The molecule has 7 heteroatoms. The van der Waals surface area contributed by atoms with Gasteiger partial charge < -0.3 is 16.0 Å². The number of aryl methyl sites for hydroxylation is 1. The van der Waals surface area contributed by atoms with Crippen LogP contribution < -0.4 is 21.5 Å². The molecule has 1 aliphatic heterocycles. The minimum atomic E-state index is -0.222. The van der Waals surface area contributed by atoms with Crippen molar-refractivity contribution < 1.29 is 4.79 Å². The van der Waals surface area contributed by atoms with Crippen LogP contribution in [0.4, 0.5) is 5.82 Å². The number of carbonyl (C=O) groups excluding carboxylic acids is 1. The summed E-state index contributed by atoms with van der Waals surface area (Å²) in [7, 11) is 0. The van der Waals surface area contributed by atoms with E-state index in [0.29, 0.717) is 23.0 Å². The van der Waals surface area contributed by atoms with Crippen LogP contribution in [0.2, 0.25) is 0 Å². The third-order valence-electron chi connectivity index (χ3n) is 6.79. The van der Waals surface area contributed by atoms with Crippen molar-refractivity contribution in [2.24, 2.45) is 5.92 Å². The number of rotatable bonds is 7. The Balaban J connectivity index is 1.47. The lowest BCUT2D eigenvalue weighted by atomic mass is 9.86. The molecule has 2 fully saturated rings. The Morgan fingerprint density at radius 2 is 1.85 bits per heavy atom. The monoisotopic (exact) mass is 457 g/mol. The van der Waals surface area contributed by atoms with E-state index in [1.807, 2.05) is 37.3 Å². The van der Waals surface area contributed by atoms with Gasteiger partial charge >= 0.3 is 0 Å². The van der Waals surface area contributed by atoms with E-state index in [9.17, 15) is 9.59 Å². The molecule has 3 N–H and O–H groups in total. The fourth-order valence-corrected chi connectivity index (χ4v) is 4.67. The zero-order valence-electron chi connectivity index (χ0n) is 19.5. The van der Waals surface area contributed by atoms with Crippen molar-refractivity contribution in [1.82, 2.24) is 20.2 Å². The molecule has 1 aliphatic carbocycles. The van der Waals surface area contributed by atoms with Crippen LogP contribution in [0.1, 0.15) is 53.2 Å². The van der Waals surface area contributed by atoms with Gasteiger partial charge in [0.1, 0.15) is 0 Å². The number of hydrogen-bond acceptors (Lipinski definition) is 5. The smallest absolute Gasteiger partial charge is 0.297 e. The van der Waals surface area contributed by atoms with Gasteiger partial charge in [0.15, 0.2) is 5.82 Å². The van der Waals surface area contributed by atoms with Gasteiger partial charge in [0.2, 0.25) is 0 Å². The first-order valence-electron chi connectivity index (χ1n) is 12.1. The summed E-state index contributed by atoms with van der Waals surface area (Å²) in [5, 5.41) is 9.92. The van der Waals surface area contributed by atoms with Gasteiger partial charge in [0, 0.05) is 24.0 Å². The van der Waals surface area contributed by atoms with Crippen molar-refractivity contribution in [2.75, 3.05) is 18.4 Å². The molecule has 1 saturated carbocycles. The summed E-state index contributed by atoms with van der Waals surface area (Å²) in [5.74, 6) is 0.621. The van der Waals surface area contributed by atoms with E-state index >= 15 is 0 Å². The number of anilines is 1. The molecule has 7 nitrogen and oxygen atoms in total. The Bertz CT molecular complexity index is 1210. The average Bonchev–Trinajstić information content (AvgIpc) is 3.69. The molecule has 1 aromatic heterocycles. The van der Waals surface area contributed by atoms with Crippen LogP contribution >= 0.6 is 0 Å². The molecule has 1 atom stereocenters. The summed E-state index contributed by atoms with van der Waals surface area (Å²) in [6.07, 6.45) is 7.44. The predicted molar refractivity (Wildman–Crippen MR) is 133 cm³/mol. The van der Waals surface area contributed by atoms with Gasteiger partial charge in [-0.05, 0) is 74.9 Å². The van der Waals surface area contributed by atoms with Gasteiger partial charge in [-0.25, -0.2) is 4.98 Å². The molecule has 0 spiro atoms. The van der Waals surface area contributed by atoms with E-state index in [2.05, 4.69) is 33.1 Å². The summed E-state index contributed by atoms with van der Waals surface area (Å²) in [6.45, 7) is 3.88. The summed E-state index contributed by atoms with van der Waals surface area (Å²) in [4.78, 5) is 30.6. The van der Waals surface area contributed by atoms with Crippen LogP contribution in [0.25, 0.3) is 5.69 Å². The molecule has 2 aromatic carbocycles. The highest BCUT2D eigenvalue weighted by Crippen LogP contribution is 2.31. The molecule has 1 saturated heterocycles. The topological polar surface area (TPSA) is 88.1 Å². The first-order chi connectivity index (χ1) is 16.6. The second kappa shape index (κ2) is 9.81. The highest BCUT2D eigenvalue weighted by Gasteiger charge is 2.27. The number of hydrogen-bond donors (Lipinski definition) is 3. The fraction of sp³-hybridized carbons (Fsp3) is 0.370. The average molecular weight is 458 g/mol. The lowest BCUT2D eigenvalue weighted by Gasteiger charge is -2.32. The van der Waals surface area contributed by atoms with Gasteiger partial charge in [0.05, 0.1) is 11.7 Å². The zero-order valence-corrected chi connectivity index (χ0v) is 19.5. The third kappa shape index (κ3) is 4.89. The van der Waals surface area contributed by atoms with Crippen LogP contribution in [-0.4, -0.2) is 34.6 Å². The molecular weight excluding hydrogens is 426 g/mol. The molecule has 2 heterocycles. The van der Waals surface area contributed by atoms with Crippen LogP contribution in [-0.2, 0) is 0 Å². The fourth-order valence-electron chi connectivity index (χ4n) is 4.67. The molecule has 5 rings (SSSR count). The molecule has 0 bridgehead atoms. The zero-order chi connectivity index (χ0) is 23.5. The van der Waals surface area contributed by atoms with E-state index in [4.69, 9.17) is 0 Å². The number of nitrogens with zero attached hydrogens (tertiary/aromatic N) is 2. The van der Waals surface area contributed by atoms with Crippen LogP contribution in [0.15, 0.2) is 65.7 Å². The Hall–Kier alpha value is -3.45. The molecule has 2 aliphatic rings. The lowest BCUT2D eigenvalue weighted by molar-refractivity contribution is 0.0951. The van der Waals surface area contributed by atoms with Gasteiger partial charge in [-0.15, -0.1) is 0 Å². The van der Waals surface area contributed by atoms with Crippen LogP contribution in [0, 0.1) is 12.8 Å². The van der Waals surface area contributed by atoms with Gasteiger partial charge in [-0.2, -0.15) is 0 Å². The number of amides is 1. The molecular formula is C27H31N5O2. The highest BCUT2D eigenvalue weighted by molar-refractivity contribution is 5.95. The minimum Gasteiger partial charge on any atom is -0.358 e. The van der Waals surface area contributed by atoms with Crippen molar-refractivity contribution in [3.05, 3.63) is 88.0 Å². The maximum absolute atomic E-state index is 13.6. The van der Waals surface area contributed by atoms with Gasteiger partial charge in [-0.1, -0.05) is 36.4 Å².